The lowest BCUT2D eigenvalue weighted by Crippen LogP contribution is -2.44. The molecule has 0 aliphatic carbocycles. The number of nitrogens with zero attached hydrogens (tertiary/aromatic N) is 2. The molecule has 0 aliphatic rings. The molecule has 5 N–H and O–H groups in total. The maximum Gasteiger partial charge on any atom is 0.273 e. The van der Waals surface area contributed by atoms with E-state index in [1.807, 2.05) is 37.3 Å². The van der Waals surface area contributed by atoms with Crippen LogP contribution in [0.25, 0.3) is 0 Å². The van der Waals surface area contributed by atoms with Crippen molar-refractivity contribution in [3.63, 3.8) is 0 Å². The Morgan fingerprint density at radius 2 is 1.69 bits per heavy atom. The minimum Gasteiger partial charge on any atom is -0.494 e. The number of amides is 3. The average Bonchev–Trinajstić information content (AvgIpc) is 3.33. The summed E-state index contributed by atoms with van der Waals surface area (Å²) in [6.45, 7) is 2.47. The van der Waals surface area contributed by atoms with Crippen LogP contribution in [0.3, 0.4) is 0 Å². The number of ether oxygens (including phenoxy) is 1. The van der Waals surface area contributed by atoms with E-state index in [1.165, 1.54) is 29.2 Å². The summed E-state index contributed by atoms with van der Waals surface area (Å²) in [6.07, 6.45) is 0. The minimum absolute atomic E-state index is 0.0688. The lowest BCUT2D eigenvalue weighted by atomic mass is 10.0. The van der Waals surface area contributed by atoms with Crippen LogP contribution < -0.4 is 26.4 Å². The van der Waals surface area contributed by atoms with E-state index in [4.69, 9.17) is 16.2 Å². The van der Waals surface area contributed by atoms with Gasteiger partial charge in [0.1, 0.15) is 22.5 Å². The molecule has 1 atom stereocenters. The Balaban J connectivity index is 1.82. The highest BCUT2D eigenvalue weighted by Gasteiger charge is 2.36. The van der Waals surface area contributed by atoms with Crippen LogP contribution in [0.1, 0.15) is 44.3 Å². The lowest BCUT2D eigenvalue weighted by Gasteiger charge is -2.31. The molecule has 0 fully saturated rings. The number of nitrogen functional groups attached to an aromatic ring is 1. The number of carbonyl (C=O) groups excluding carboxylic acids is 3. The van der Waals surface area contributed by atoms with Gasteiger partial charge in [0.2, 0.25) is 5.91 Å². The maximum atomic E-state index is 14.1. The van der Waals surface area contributed by atoms with Crippen molar-refractivity contribution in [3.05, 3.63) is 106 Å². The molecule has 4 rings (SSSR count). The number of carbonyl (C=O) groups is 3. The summed E-state index contributed by atoms with van der Waals surface area (Å²) in [7, 11) is 0. The highest BCUT2D eigenvalue weighted by atomic mass is 32.1. The van der Waals surface area contributed by atoms with Crippen LogP contribution in [0.2, 0.25) is 0 Å². The zero-order valence-electron chi connectivity index (χ0n) is 21.0. The molecule has 11 heteroatoms. The van der Waals surface area contributed by atoms with Crippen LogP contribution in [0.4, 0.5) is 15.8 Å². The summed E-state index contributed by atoms with van der Waals surface area (Å²) < 4.78 is 23.3. The van der Waals surface area contributed by atoms with Gasteiger partial charge in [-0.3, -0.25) is 19.3 Å². The second-order valence-electron chi connectivity index (χ2n) is 8.40. The van der Waals surface area contributed by atoms with E-state index in [0.29, 0.717) is 35.1 Å². The van der Waals surface area contributed by atoms with Crippen molar-refractivity contribution in [1.82, 2.24) is 9.69 Å². The number of halogens is 1. The third-order valence-corrected chi connectivity index (χ3v) is 6.65. The number of nitrogens with one attached hydrogen (secondary N) is 1. The second kappa shape index (κ2) is 12.2. The number of hydrogen-bond donors (Lipinski definition) is 3. The van der Waals surface area contributed by atoms with Gasteiger partial charge in [0.05, 0.1) is 12.3 Å². The lowest BCUT2D eigenvalue weighted by molar-refractivity contribution is -0.122. The normalized spacial score (nSPS) is 11.4. The Morgan fingerprint density at radius 1 is 1.03 bits per heavy atom. The van der Waals surface area contributed by atoms with Crippen LogP contribution in [-0.4, -0.2) is 28.7 Å². The smallest absolute Gasteiger partial charge is 0.273 e. The summed E-state index contributed by atoms with van der Waals surface area (Å²) in [4.78, 5) is 40.8. The Labute approximate surface area is 228 Å². The monoisotopic (exact) mass is 547 g/mol. The van der Waals surface area contributed by atoms with Crippen LogP contribution in [-0.2, 0) is 11.3 Å². The summed E-state index contributed by atoms with van der Waals surface area (Å²) in [5.41, 5.74) is 12.6. The SMILES string of the molecule is CCOc1ccc(N(C(=O)c2snc(C(N)=O)c2N)[C@H](C(=O)NCc2ccccc2)c2ccc(F)cc2)cc1. The molecular weight excluding hydrogens is 521 g/mol. The van der Waals surface area contributed by atoms with E-state index in [0.717, 1.165) is 5.56 Å². The Morgan fingerprint density at radius 3 is 2.28 bits per heavy atom. The van der Waals surface area contributed by atoms with E-state index in [9.17, 15) is 18.8 Å². The van der Waals surface area contributed by atoms with E-state index >= 15 is 0 Å². The van der Waals surface area contributed by atoms with Crippen molar-refractivity contribution in [2.24, 2.45) is 5.73 Å². The number of hydrogen-bond acceptors (Lipinski definition) is 7. The van der Waals surface area contributed by atoms with Crippen molar-refractivity contribution in [2.45, 2.75) is 19.5 Å². The Hall–Kier alpha value is -4.77. The van der Waals surface area contributed by atoms with Gasteiger partial charge in [-0.05, 0) is 66.0 Å². The predicted octanol–water partition coefficient (Wildman–Crippen LogP) is 4.07. The van der Waals surface area contributed by atoms with Crippen LogP contribution in [0, 0.1) is 5.82 Å². The van der Waals surface area contributed by atoms with E-state index < -0.39 is 29.6 Å². The Bertz CT molecular complexity index is 1460. The molecule has 0 unspecified atom stereocenters. The number of nitrogens with two attached hydrogens (primary N) is 2. The highest BCUT2D eigenvalue weighted by molar-refractivity contribution is 7.09. The first-order valence-electron chi connectivity index (χ1n) is 12.0. The van der Waals surface area contributed by atoms with Gasteiger partial charge in [-0.1, -0.05) is 42.5 Å². The number of anilines is 2. The van der Waals surface area contributed by atoms with Crippen LogP contribution >= 0.6 is 11.5 Å². The summed E-state index contributed by atoms with van der Waals surface area (Å²) in [5.74, 6) is -2.03. The molecule has 0 aliphatic heterocycles. The van der Waals surface area contributed by atoms with Crippen molar-refractivity contribution < 1.29 is 23.5 Å². The maximum absolute atomic E-state index is 14.1. The average molecular weight is 548 g/mol. The molecule has 0 radical (unpaired) electrons. The number of aromatic nitrogens is 1. The fourth-order valence-electron chi connectivity index (χ4n) is 3.94. The van der Waals surface area contributed by atoms with Crippen molar-refractivity contribution in [2.75, 3.05) is 17.2 Å². The minimum atomic E-state index is -1.24. The number of benzene rings is 3. The largest absolute Gasteiger partial charge is 0.494 e. The van der Waals surface area contributed by atoms with Gasteiger partial charge >= 0.3 is 0 Å². The molecule has 1 heterocycles. The van der Waals surface area contributed by atoms with E-state index in [-0.39, 0.29) is 22.8 Å². The predicted molar refractivity (Wildman–Crippen MR) is 147 cm³/mol. The molecular formula is C28H26FN5O4S. The highest BCUT2D eigenvalue weighted by Crippen LogP contribution is 2.34. The molecule has 0 spiro atoms. The van der Waals surface area contributed by atoms with Gasteiger partial charge in [-0.25, -0.2) is 4.39 Å². The van der Waals surface area contributed by atoms with Crippen LogP contribution in [0.15, 0.2) is 78.9 Å². The van der Waals surface area contributed by atoms with Gasteiger partial charge in [-0.15, -0.1) is 0 Å². The molecule has 200 valence electrons. The zero-order valence-corrected chi connectivity index (χ0v) is 21.8. The standard InChI is InChI=1S/C28H26FN5O4S/c1-2-38-21-14-12-20(13-15-21)34(28(37)25-22(30)23(26(31)35)33-39-25)24(18-8-10-19(29)11-9-18)27(36)32-16-17-6-4-3-5-7-17/h3-15,24H,2,16,30H2,1H3,(H2,31,35)(H,32,36)/t24-/m0/s1. The van der Waals surface area contributed by atoms with Gasteiger partial charge < -0.3 is 21.5 Å². The molecule has 39 heavy (non-hydrogen) atoms. The fourth-order valence-corrected chi connectivity index (χ4v) is 4.68. The number of primary amides is 1. The van der Waals surface area contributed by atoms with Crippen molar-refractivity contribution in [1.29, 1.82) is 0 Å². The van der Waals surface area contributed by atoms with Gasteiger partial charge in [0.15, 0.2) is 5.69 Å². The quantitative estimate of drug-likeness (QED) is 0.273. The second-order valence-corrected chi connectivity index (χ2v) is 9.17. The van der Waals surface area contributed by atoms with Crippen molar-refractivity contribution in [3.8, 4) is 5.75 Å². The Kier molecular flexibility index (Phi) is 8.52. The topological polar surface area (TPSA) is 141 Å². The molecule has 3 aromatic carbocycles. The molecule has 4 aromatic rings. The van der Waals surface area contributed by atoms with Crippen molar-refractivity contribution >= 4 is 40.6 Å². The third-order valence-electron chi connectivity index (χ3n) is 5.80. The molecule has 3 amide bonds. The summed E-state index contributed by atoms with van der Waals surface area (Å²) >= 11 is 0.700. The third kappa shape index (κ3) is 6.21. The first-order chi connectivity index (χ1) is 18.8. The molecule has 1 aromatic heterocycles. The molecule has 9 nitrogen and oxygen atoms in total. The van der Waals surface area contributed by atoms with Gasteiger partial charge in [0, 0.05) is 12.2 Å². The van der Waals surface area contributed by atoms with E-state index in [2.05, 4.69) is 9.69 Å². The first kappa shape index (κ1) is 27.3. The number of rotatable bonds is 10. The molecule has 0 bridgehead atoms. The van der Waals surface area contributed by atoms with Crippen LogP contribution in [0.5, 0.6) is 5.75 Å². The fraction of sp³-hybridized carbons (Fsp3) is 0.143. The summed E-state index contributed by atoms with van der Waals surface area (Å²) in [5, 5.41) is 2.87. The summed E-state index contributed by atoms with van der Waals surface area (Å²) in [6, 6.07) is 19.9. The van der Waals surface area contributed by atoms with Gasteiger partial charge in [-0.2, -0.15) is 4.37 Å². The van der Waals surface area contributed by atoms with E-state index in [1.54, 1.807) is 24.3 Å². The molecule has 0 saturated carbocycles. The van der Waals surface area contributed by atoms with Gasteiger partial charge in [0.25, 0.3) is 11.8 Å². The molecule has 0 saturated heterocycles. The zero-order chi connectivity index (χ0) is 27.9. The first-order valence-corrected chi connectivity index (χ1v) is 12.8.